The molecule has 4 rings (SSSR count). The van der Waals surface area contributed by atoms with E-state index in [1.54, 1.807) is 0 Å². The first kappa shape index (κ1) is 10.3. The SMILES string of the molecule is c1ccc(CN2C[C@@H]3CC[C@H]2CNC3)cc1. The van der Waals surface area contributed by atoms with Crippen molar-refractivity contribution in [3.8, 4) is 0 Å². The monoisotopic (exact) mass is 216 g/mol. The minimum atomic E-state index is 0.763. The van der Waals surface area contributed by atoms with E-state index in [1.807, 2.05) is 0 Å². The third-order valence-electron chi connectivity index (χ3n) is 3.96. The molecule has 0 aliphatic carbocycles. The van der Waals surface area contributed by atoms with Gasteiger partial charge in [-0.3, -0.25) is 4.90 Å². The average Bonchev–Trinajstić information content (AvgIpc) is 2.65. The first-order chi connectivity index (χ1) is 7.92. The summed E-state index contributed by atoms with van der Waals surface area (Å²) in [6, 6.07) is 11.6. The van der Waals surface area contributed by atoms with E-state index in [-0.39, 0.29) is 0 Å². The molecule has 1 aromatic rings. The lowest BCUT2D eigenvalue weighted by Crippen LogP contribution is -2.42. The number of fused-ring (bicyclic) bond motifs is 4. The van der Waals surface area contributed by atoms with Crippen LogP contribution < -0.4 is 5.32 Å². The summed E-state index contributed by atoms with van der Waals surface area (Å²) in [5.74, 6) is 0.877. The average molecular weight is 216 g/mol. The second kappa shape index (κ2) is 4.56. The maximum absolute atomic E-state index is 3.58. The van der Waals surface area contributed by atoms with Crippen molar-refractivity contribution in [1.82, 2.24) is 10.2 Å². The third-order valence-corrected chi connectivity index (χ3v) is 3.96. The molecule has 86 valence electrons. The summed E-state index contributed by atoms with van der Waals surface area (Å²) in [6.07, 6.45) is 2.80. The van der Waals surface area contributed by atoms with Crippen LogP contribution in [0.4, 0.5) is 0 Å². The maximum atomic E-state index is 3.58. The molecule has 0 aromatic heterocycles. The molecule has 0 spiro atoms. The van der Waals surface area contributed by atoms with Gasteiger partial charge in [0.15, 0.2) is 0 Å². The molecule has 2 atom stereocenters. The van der Waals surface area contributed by atoms with Gasteiger partial charge < -0.3 is 5.32 Å². The Bertz CT molecular complexity index is 332. The Balaban J connectivity index is 1.71. The van der Waals surface area contributed by atoms with Gasteiger partial charge in [-0.2, -0.15) is 0 Å². The minimum Gasteiger partial charge on any atom is -0.315 e. The lowest BCUT2D eigenvalue weighted by molar-refractivity contribution is 0.126. The van der Waals surface area contributed by atoms with E-state index in [1.165, 1.54) is 38.0 Å². The van der Waals surface area contributed by atoms with Gasteiger partial charge in [-0.15, -0.1) is 0 Å². The second-order valence-electron chi connectivity index (χ2n) is 5.17. The molecule has 0 radical (unpaired) electrons. The summed E-state index contributed by atoms with van der Waals surface area (Å²) in [7, 11) is 0. The zero-order valence-corrected chi connectivity index (χ0v) is 9.73. The summed E-state index contributed by atoms with van der Waals surface area (Å²) in [6.45, 7) is 4.82. The van der Waals surface area contributed by atoms with Crippen molar-refractivity contribution in [3.05, 3.63) is 35.9 Å². The number of nitrogens with zero attached hydrogens (tertiary/aromatic N) is 1. The van der Waals surface area contributed by atoms with E-state index >= 15 is 0 Å². The highest BCUT2D eigenvalue weighted by atomic mass is 15.2. The predicted molar refractivity (Wildman–Crippen MR) is 66.2 cm³/mol. The van der Waals surface area contributed by atoms with E-state index in [0.29, 0.717) is 0 Å². The van der Waals surface area contributed by atoms with Crippen LogP contribution in [0.5, 0.6) is 0 Å². The van der Waals surface area contributed by atoms with E-state index < -0.39 is 0 Å². The highest BCUT2D eigenvalue weighted by molar-refractivity contribution is 5.15. The molecule has 3 aliphatic rings. The van der Waals surface area contributed by atoms with Gasteiger partial charge >= 0.3 is 0 Å². The lowest BCUT2D eigenvalue weighted by atomic mass is 9.94. The van der Waals surface area contributed by atoms with Crippen LogP contribution in [0.3, 0.4) is 0 Å². The van der Waals surface area contributed by atoms with E-state index in [9.17, 15) is 0 Å². The smallest absolute Gasteiger partial charge is 0.0237 e. The van der Waals surface area contributed by atoms with E-state index in [4.69, 9.17) is 0 Å². The van der Waals surface area contributed by atoms with Gasteiger partial charge in [-0.1, -0.05) is 30.3 Å². The van der Waals surface area contributed by atoms with Crippen LogP contribution in [0.2, 0.25) is 0 Å². The molecule has 1 N–H and O–H groups in total. The van der Waals surface area contributed by atoms with Crippen molar-refractivity contribution in [2.75, 3.05) is 19.6 Å². The van der Waals surface area contributed by atoms with E-state index in [2.05, 4.69) is 40.5 Å². The van der Waals surface area contributed by atoms with Gasteiger partial charge in [0.05, 0.1) is 0 Å². The van der Waals surface area contributed by atoms with Gasteiger partial charge in [-0.25, -0.2) is 0 Å². The van der Waals surface area contributed by atoms with Gasteiger partial charge in [0.25, 0.3) is 0 Å². The molecule has 3 aliphatic heterocycles. The standard InChI is InChI=1S/C14H20N2/c1-2-4-12(5-3-1)10-16-11-13-6-7-14(16)9-15-8-13/h1-5,13-15H,6-11H2/t13-,14+/m1/s1. The van der Waals surface area contributed by atoms with Gasteiger partial charge in [0.1, 0.15) is 0 Å². The van der Waals surface area contributed by atoms with Crippen molar-refractivity contribution in [2.45, 2.75) is 25.4 Å². The van der Waals surface area contributed by atoms with Crippen LogP contribution >= 0.6 is 0 Å². The van der Waals surface area contributed by atoms with E-state index in [0.717, 1.165) is 18.5 Å². The predicted octanol–water partition coefficient (Wildman–Crippen LogP) is 1.87. The highest BCUT2D eigenvalue weighted by Gasteiger charge is 2.30. The van der Waals surface area contributed by atoms with Crippen molar-refractivity contribution in [1.29, 1.82) is 0 Å². The molecule has 2 heteroatoms. The number of hydrogen-bond acceptors (Lipinski definition) is 2. The Hall–Kier alpha value is -0.860. The van der Waals surface area contributed by atoms with Gasteiger partial charge in [0, 0.05) is 25.7 Å². The fourth-order valence-corrected chi connectivity index (χ4v) is 3.05. The Morgan fingerprint density at radius 3 is 2.88 bits per heavy atom. The molecule has 16 heavy (non-hydrogen) atoms. The number of piperidine rings is 1. The molecule has 3 saturated heterocycles. The molecule has 2 bridgehead atoms. The largest absolute Gasteiger partial charge is 0.315 e. The van der Waals surface area contributed by atoms with Crippen LogP contribution in [-0.4, -0.2) is 30.6 Å². The number of rotatable bonds is 2. The quantitative estimate of drug-likeness (QED) is 0.812. The summed E-state index contributed by atoms with van der Waals surface area (Å²) in [4.78, 5) is 2.67. The molecule has 0 saturated carbocycles. The topological polar surface area (TPSA) is 15.3 Å². The van der Waals surface area contributed by atoms with Crippen LogP contribution in [0.1, 0.15) is 18.4 Å². The Morgan fingerprint density at radius 2 is 2.00 bits per heavy atom. The summed E-state index contributed by atoms with van der Waals surface area (Å²) < 4.78 is 0. The molecule has 0 amide bonds. The maximum Gasteiger partial charge on any atom is 0.0237 e. The van der Waals surface area contributed by atoms with Crippen LogP contribution in [0.15, 0.2) is 30.3 Å². The second-order valence-corrected chi connectivity index (χ2v) is 5.17. The van der Waals surface area contributed by atoms with Crippen molar-refractivity contribution in [2.24, 2.45) is 5.92 Å². The van der Waals surface area contributed by atoms with Crippen molar-refractivity contribution >= 4 is 0 Å². The molecule has 1 aromatic carbocycles. The minimum absolute atomic E-state index is 0.763. The molecular weight excluding hydrogens is 196 g/mol. The number of benzene rings is 1. The molecule has 2 nitrogen and oxygen atoms in total. The Labute approximate surface area is 97.6 Å². The summed E-state index contributed by atoms with van der Waals surface area (Å²) in [5, 5.41) is 3.58. The third kappa shape index (κ3) is 2.13. The Morgan fingerprint density at radius 1 is 1.12 bits per heavy atom. The molecule has 0 unspecified atom stereocenters. The van der Waals surface area contributed by atoms with Gasteiger partial charge in [0.2, 0.25) is 0 Å². The van der Waals surface area contributed by atoms with Crippen LogP contribution in [-0.2, 0) is 6.54 Å². The number of nitrogens with one attached hydrogen (secondary N) is 1. The normalized spacial score (nSPS) is 30.2. The van der Waals surface area contributed by atoms with Crippen molar-refractivity contribution in [3.63, 3.8) is 0 Å². The summed E-state index contributed by atoms with van der Waals surface area (Å²) in [5.41, 5.74) is 1.45. The molecule has 3 fully saturated rings. The summed E-state index contributed by atoms with van der Waals surface area (Å²) >= 11 is 0. The fourth-order valence-electron chi connectivity index (χ4n) is 3.05. The van der Waals surface area contributed by atoms with Crippen LogP contribution in [0.25, 0.3) is 0 Å². The van der Waals surface area contributed by atoms with Crippen molar-refractivity contribution < 1.29 is 0 Å². The zero-order valence-electron chi connectivity index (χ0n) is 9.73. The lowest BCUT2D eigenvalue weighted by Gasteiger charge is -2.36. The number of hydrogen-bond donors (Lipinski definition) is 1. The first-order valence-corrected chi connectivity index (χ1v) is 6.40. The fraction of sp³-hybridized carbons (Fsp3) is 0.571. The highest BCUT2D eigenvalue weighted by Crippen LogP contribution is 2.25. The first-order valence-electron chi connectivity index (χ1n) is 6.40. The van der Waals surface area contributed by atoms with Crippen LogP contribution in [0, 0.1) is 5.92 Å². The molecular formula is C14H20N2. The molecule has 3 heterocycles. The van der Waals surface area contributed by atoms with Gasteiger partial charge in [-0.05, 0) is 30.9 Å². The Kier molecular flexibility index (Phi) is 2.94. The zero-order chi connectivity index (χ0) is 10.8.